The third-order valence-electron chi connectivity index (χ3n) is 2.34. The third kappa shape index (κ3) is 4.51. The summed E-state index contributed by atoms with van der Waals surface area (Å²) >= 11 is 7.46. The Labute approximate surface area is 86.4 Å². The van der Waals surface area contributed by atoms with Gasteiger partial charge in [-0.05, 0) is 12.8 Å². The topological polar surface area (TPSA) is 0 Å². The van der Waals surface area contributed by atoms with Crippen LogP contribution in [0.15, 0.2) is 0 Å². The third-order valence-corrected chi connectivity index (χ3v) is 3.92. The molecule has 1 aliphatic carbocycles. The van der Waals surface area contributed by atoms with Gasteiger partial charge in [-0.25, -0.2) is 0 Å². The van der Waals surface area contributed by atoms with Crippen LogP contribution >= 0.6 is 31.9 Å². The first-order valence-corrected chi connectivity index (χ1v) is 6.17. The van der Waals surface area contributed by atoms with Gasteiger partial charge in [0.25, 0.3) is 0 Å². The maximum absolute atomic E-state index is 3.73. The number of hydrogen-bond donors (Lipinski definition) is 0. The van der Waals surface area contributed by atoms with Gasteiger partial charge in [0, 0.05) is 0 Å². The number of rotatable bonds is 0. The largest absolute Gasteiger partial charge is 0.0805 e. The molecule has 1 aliphatic rings. The zero-order chi connectivity index (χ0) is 8.16. The van der Waals surface area contributed by atoms with Crippen LogP contribution < -0.4 is 0 Å². The first-order chi connectivity index (χ1) is 5.21. The van der Waals surface area contributed by atoms with Crippen LogP contribution in [0.3, 0.4) is 0 Å². The second kappa shape index (κ2) is 4.86. The SMILES string of the molecule is BrC1(Br)CCCCCCCC1. The fourth-order valence-corrected chi connectivity index (χ4v) is 2.72. The Morgan fingerprint density at radius 3 is 1.45 bits per heavy atom. The molecule has 0 aromatic rings. The lowest BCUT2D eigenvalue weighted by molar-refractivity contribution is 0.622. The van der Waals surface area contributed by atoms with E-state index >= 15 is 0 Å². The number of halogens is 2. The average Bonchev–Trinajstić information content (AvgIpc) is 2.00. The first kappa shape index (κ1) is 10.0. The van der Waals surface area contributed by atoms with Gasteiger partial charge in [0.1, 0.15) is 0 Å². The minimum Gasteiger partial charge on any atom is -0.0727 e. The van der Waals surface area contributed by atoms with Crippen LogP contribution in [-0.2, 0) is 0 Å². The molecule has 0 spiro atoms. The Kier molecular flexibility index (Phi) is 4.44. The molecule has 0 nitrogen and oxygen atoms in total. The van der Waals surface area contributed by atoms with E-state index in [0.717, 1.165) is 0 Å². The van der Waals surface area contributed by atoms with Crippen molar-refractivity contribution < 1.29 is 0 Å². The molecule has 0 bridgehead atoms. The van der Waals surface area contributed by atoms with Crippen LogP contribution in [0.4, 0.5) is 0 Å². The van der Waals surface area contributed by atoms with E-state index in [-0.39, 0.29) is 3.23 Å². The maximum Gasteiger partial charge on any atom is 0.0805 e. The molecule has 0 amide bonds. The lowest BCUT2D eigenvalue weighted by Crippen LogP contribution is -2.09. The Balaban J connectivity index is 2.31. The van der Waals surface area contributed by atoms with E-state index in [2.05, 4.69) is 31.9 Å². The summed E-state index contributed by atoms with van der Waals surface area (Å²) in [5.74, 6) is 0. The van der Waals surface area contributed by atoms with Crippen molar-refractivity contribution in [1.82, 2.24) is 0 Å². The first-order valence-electron chi connectivity index (χ1n) is 4.59. The molecule has 0 saturated heterocycles. The molecular weight excluding hydrogens is 268 g/mol. The van der Waals surface area contributed by atoms with Crippen molar-refractivity contribution in [3.8, 4) is 0 Å². The minimum absolute atomic E-state index is 0.268. The zero-order valence-electron chi connectivity index (χ0n) is 6.91. The van der Waals surface area contributed by atoms with E-state index in [0.29, 0.717) is 0 Å². The summed E-state index contributed by atoms with van der Waals surface area (Å²) in [7, 11) is 0. The van der Waals surface area contributed by atoms with Crippen LogP contribution in [-0.4, -0.2) is 3.23 Å². The summed E-state index contributed by atoms with van der Waals surface area (Å²) in [6, 6.07) is 0. The van der Waals surface area contributed by atoms with E-state index in [1.807, 2.05) is 0 Å². The van der Waals surface area contributed by atoms with Gasteiger partial charge in [0.15, 0.2) is 0 Å². The molecule has 66 valence electrons. The lowest BCUT2D eigenvalue weighted by Gasteiger charge is -2.18. The monoisotopic (exact) mass is 282 g/mol. The van der Waals surface area contributed by atoms with Crippen LogP contribution in [0, 0.1) is 0 Å². The Morgan fingerprint density at radius 2 is 1.00 bits per heavy atom. The zero-order valence-corrected chi connectivity index (χ0v) is 10.1. The summed E-state index contributed by atoms with van der Waals surface area (Å²) in [6.45, 7) is 0. The highest BCUT2D eigenvalue weighted by Gasteiger charge is 2.21. The minimum atomic E-state index is 0.268. The van der Waals surface area contributed by atoms with Gasteiger partial charge in [-0.2, -0.15) is 0 Å². The van der Waals surface area contributed by atoms with E-state index < -0.39 is 0 Å². The van der Waals surface area contributed by atoms with Gasteiger partial charge in [-0.1, -0.05) is 70.4 Å². The second-order valence-corrected chi connectivity index (χ2v) is 7.58. The van der Waals surface area contributed by atoms with Gasteiger partial charge in [-0.15, -0.1) is 0 Å². The molecule has 1 rings (SSSR count). The van der Waals surface area contributed by atoms with Gasteiger partial charge < -0.3 is 0 Å². The summed E-state index contributed by atoms with van der Waals surface area (Å²) < 4.78 is 0.268. The lowest BCUT2D eigenvalue weighted by atomic mass is 10.1. The Hall–Kier alpha value is 0.960. The molecule has 1 fully saturated rings. The summed E-state index contributed by atoms with van der Waals surface area (Å²) in [6.07, 6.45) is 11.0. The molecule has 0 aromatic heterocycles. The molecule has 0 radical (unpaired) electrons. The van der Waals surface area contributed by atoms with E-state index in [4.69, 9.17) is 0 Å². The fourth-order valence-electron chi connectivity index (χ4n) is 1.60. The molecule has 1 saturated carbocycles. The van der Waals surface area contributed by atoms with Crippen molar-refractivity contribution in [2.45, 2.75) is 54.6 Å². The molecule has 11 heavy (non-hydrogen) atoms. The standard InChI is InChI=1S/C9H16Br2/c10-9(11)7-5-3-1-2-4-6-8-9/h1-8H2. The van der Waals surface area contributed by atoms with Crippen LogP contribution in [0.25, 0.3) is 0 Å². The quantitative estimate of drug-likeness (QED) is 0.570. The van der Waals surface area contributed by atoms with Crippen molar-refractivity contribution in [2.75, 3.05) is 0 Å². The molecule has 2 heteroatoms. The van der Waals surface area contributed by atoms with Crippen molar-refractivity contribution in [1.29, 1.82) is 0 Å². The summed E-state index contributed by atoms with van der Waals surface area (Å²) in [5.41, 5.74) is 0. The van der Waals surface area contributed by atoms with Gasteiger partial charge >= 0.3 is 0 Å². The Morgan fingerprint density at radius 1 is 0.636 bits per heavy atom. The average molecular weight is 284 g/mol. The van der Waals surface area contributed by atoms with Crippen molar-refractivity contribution in [3.05, 3.63) is 0 Å². The molecule has 0 unspecified atom stereocenters. The Bertz CT molecular complexity index is 98.1. The van der Waals surface area contributed by atoms with Crippen LogP contribution in [0.5, 0.6) is 0 Å². The molecule has 0 N–H and O–H groups in total. The molecule has 0 aromatic carbocycles. The summed E-state index contributed by atoms with van der Waals surface area (Å²) in [5, 5.41) is 0. The van der Waals surface area contributed by atoms with Crippen molar-refractivity contribution in [3.63, 3.8) is 0 Å². The van der Waals surface area contributed by atoms with E-state index in [1.54, 1.807) is 0 Å². The van der Waals surface area contributed by atoms with E-state index in [1.165, 1.54) is 51.4 Å². The smallest absolute Gasteiger partial charge is 0.0727 e. The van der Waals surface area contributed by atoms with E-state index in [9.17, 15) is 0 Å². The number of alkyl halides is 2. The highest BCUT2D eigenvalue weighted by atomic mass is 79.9. The van der Waals surface area contributed by atoms with Gasteiger partial charge in [0.2, 0.25) is 0 Å². The van der Waals surface area contributed by atoms with Crippen LogP contribution in [0.2, 0.25) is 0 Å². The van der Waals surface area contributed by atoms with Gasteiger partial charge in [0.05, 0.1) is 3.23 Å². The maximum atomic E-state index is 3.73. The molecule has 0 heterocycles. The van der Waals surface area contributed by atoms with Crippen molar-refractivity contribution >= 4 is 31.9 Å². The fraction of sp³-hybridized carbons (Fsp3) is 1.00. The normalized spacial score (nSPS) is 26.7. The number of hydrogen-bond acceptors (Lipinski definition) is 0. The van der Waals surface area contributed by atoms with Crippen molar-refractivity contribution in [2.24, 2.45) is 0 Å². The molecule has 0 aliphatic heterocycles. The highest BCUT2D eigenvalue weighted by Crippen LogP contribution is 2.38. The highest BCUT2D eigenvalue weighted by molar-refractivity contribution is 9.25. The molecular formula is C9H16Br2. The van der Waals surface area contributed by atoms with Gasteiger partial charge in [-0.3, -0.25) is 0 Å². The predicted octanol–water partition coefficient (Wildman–Crippen LogP) is 4.61. The second-order valence-electron chi connectivity index (χ2n) is 3.48. The summed E-state index contributed by atoms with van der Waals surface area (Å²) in [4.78, 5) is 0. The molecule has 0 atom stereocenters. The van der Waals surface area contributed by atoms with Crippen LogP contribution in [0.1, 0.15) is 51.4 Å². The predicted molar refractivity (Wildman–Crippen MR) is 57.5 cm³/mol.